The Morgan fingerprint density at radius 1 is 1.04 bits per heavy atom. The second-order valence-corrected chi connectivity index (χ2v) is 6.78. The summed E-state index contributed by atoms with van der Waals surface area (Å²) in [6.45, 7) is 10.2. The minimum absolute atomic E-state index is 0.115. The fraction of sp³-hybridized carbons (Fsp3) is 0.895. The molecule has 0 aromatic rings. The third-order valence-corrected chi connectivity index (χ3v) is 3.99. The van der Waals surface area contributed by atoms with Crippen LogP contribution in [0, 0.1) is 0 Å². The topological polar surface area (TPSA) is 67.9 Å². The zero-order valence-corrected chi connectivity index (χ0v) is 16.8. The Labute approximate surface area is 153 Å². The molecular formula is C19H38N2O4. The number of nitrogens with zero attached hydrogens (tertiary/aromatic N) is 1. The molecule has 0 rings (SSSR count). The van der Waals surface area contributed by atoms with Crippen LogP contribution >= 0.6 is 0 Å². The number of esters is 1. The molecule has 25 heavy (non-hydrogen) atoms. The molecule has 1 atom stereocenters. The maximum atomic E-state index is 12.0. The van der Waals surface area contributed by atoms with E-state index in [4.69, 9.17) is 9.47 Å². The molecule has 0 aliphatic carbocycles. The summed E-state index contributed by atoms with van der Waals surface area (Å²) in [5, 5.41) is 2.78. The number of nitrogens with one attached hydrogen (secondary N) is 1. The molecule has 0 saturated heterocycles. The Kier molecular flexibility index (Phi) is 14.2. The number of unbranched alkanes of at least 4 members (excludes halogenated alkanes) is 3. The lowest BCUT2D eigenvalue weighted by Crippen LogP contribution is -2.35. The molecular weight excluding hydrogens is 320 g/mol. The van der Waals surface area contributed by atoms with Crippen molar-refractivity contribution in [3.8, 4) is 0 Å². The van der Waals surface area contributed by atoms with Gasteiger partial charge in [0.2, 0.25) is 0 Å². The van der Waals surface area contributed by atoms with Crippen LogP contribution in [-0.4, -0.2) is 55.9 Å². The van der Waals surface area contributed by atoms with Gasteiger partial charge in [0.15, 0.2) is 0 Å². The molecule has 1 amide bonds. The van der Waals surface area contributed by atoms with Gasteiger partial charge in [0, 0.05) is 19.5 Å². The minimum atomic E-state index is -0.401. The van der Waals surface area contributed by atoms with E-state index in [9.17, 15) is 9.59 Å². The Morgan fingerprint density at radius 2 is 1.76 bits per heavy atom. The number of alkyl carbamates (subject to hydrolysis) is 1. The molecule has 0 aliphatic heterocycles. The number of ether oxygens (including phenoxy) is 2. The van der Waals surface area contributed by atoms with Gasteiger partial charge in [-0.15, -0.1) is 0 Å². The zero-order valence-electron chi connectivity index (χ0n) is 16.8. The molecule has 0 aliphatic rings. The summed E-state index contributed by atoms with van der Waals surface area (Å²) in [5.41, 5.74) is 0. The molecule has 0 aromatic heterocycles. The van der Waals surface area contributed by atoms with Crippen LogP contribution in [0.4, 0.5) is 4.79 Å². The molecule has 148 valence electrons. The highest BCUT2D eigenvalue weighted by molar-refractivity contribution is 5.70. The smallest absolute Gasteiger partial charge is 0.407 e. The highest BCUT2D eigenvalue weighted by Crippen LogP contribution is 2.14. The van der Waals surface area contributed by atoms with Gasteiger partial charge in [-0.25, -0.2) is 4.79 Å². The van der Waals surface area contributed by atoms with Gasteiger partial charge in [0.1, 0.15) is 6.10 Å². The summed E-state index contributed by atoms with van der Waals surface area (Å²) in [6, 6.07) is 0. The minimum Gasteiger partial charge on any atom is -0.463 e. The quantitative estimate of drug-likeness (QED) is 0.378. The maximum absolute atomic E-state index is 12.0. The van der Waals surface area contributed by atoms with Crippen molar-refractivity contribution in [2.75, 3.05) is 26.7 Å². The first-order valence-electron chi connectivity index (χ1n) is 9.71. The molecule has 0 heterocycles. The number of amides is 1. The summed E-state index contributed by atoms with van der Waals surface area (Å²) in [6.07, 6.45) is 5.30. The predicted molar refractivity (Wildman–Crippen MR) is 101 cm³/mol. The van der Waals surface area contributed by atoms with Crippen molar-refractivity contribution >= 4 is 12.1 Å². The van der Waals surface area contributed by atoms with Gasteiger partial charge in [0.25, 0.3) is 0 Å². The molecule has 0 spiro atoms. The Hall–Kier alpha value is -1.30. The predicted octanol–water partition coefficient (Wildman–Crippen LogP) is 3.74. The third kappa shape index (κ3) is 14.7. The first kappa shape index (κ1) is 23.7. The van der Waals surface area contributed by atoms with E-state index in [1.165, 1.54) is 6.42 Å². The molecule has 0 fully saturated rings. The lowest BCUT2D eigenvalue weighted by atomic mass is 10.1. The monoisotopic (exact) mass is 358 g/mol. The van der Waals surface area contributed by atoms with Crippen LogP contribution < -0.4 is 5.32 Å². The van der Waals surface area contributed by atoms with Crippen molar-refractivity contribution in [1.82, 2.24) is 10.2 Å². The van der Waals surface area contributed by atoms with Crippen LogP contribution in [0.2, 0.25) is 0 Å². The largest absolute Gasteiger partial charge is 0.463 e. The van der Waals surface area contributed by atoms with Gasteiger partial charge in [0.05, 0.1) is 6.10 Å². The van der Waals surface area contributed by atoms with Crippen LogP contribution in [-0.2, 0) is 14.3 Å². The van der Waals surface area contributed by atoms with Gasteiger partial charge in [-0.2, -0.15) is 0 Å². The normalized spacial score (nSPS) is 12.3. The van der Waals surface area contributed by atoms with Crippen LogP contribution in [0.1, 0.15) is 72.6 Å². The fourth-order valence-corrected chi connectivity index (χ4v) is 2.36. The van der Waals surface area contributed by atoms with E-state index in [0.29, 0.717) is 13.0 Å². The van der Waals surface area contributed by atoms with Gasteiger partial charge >= 0.3 is 12.1 Å². The number of likely N-dealkylation sites (N-methyl/N-ethyl adjacent to an activating group) is 1. The molecule has 0 aromatic carbocycles. The lowest BCUT2D eigenvalue weighted by Gasteiger charge is -2.19. The number of carbonyl (C=O) groups is 2. The van der Waals surface area contributed by atoms with Crippen molar-refractivity contribution in [3.63, 3.8) is 0 Å². The van der Waals surface area contributed by atoms with Gasteiger partial charge in [-0.3, -0.25) is 4.79 Å². The van der Waals surface area contributed by atoms with E-state index >= 15 is 0 Å². The molecule has 6 nitrogen and oxygen atoms in total. The summed E-state index contributed by atoms with van der Waals surface area (Å²) in [4.78, 5) is 25.8. The number of hydrogen-bond acceptors (Lipinski definition) is 5. The highest BCUT2D eigenvalue weighted by Gasteiger charge is 2.17. The zero-order chi connectivity index (χ0) is 19.1. The molecule has 0 bridgehead atoms. The van der Waals surface area contributed by atoms with E-state index in [1.807, 2.05) is 20.9 Å². The van der Waals surface area contributed by atoms with E-state index in [1.54, 1.807) is 0 Å². The van der Waals surface area contributed by atoms with Crippen molar-refractivity contribution in [3.05, 3.63) is 0 Å². The molecule has 1 unspecified atom stereocenters. The van der Waals surface area contributed by atoms with E-state index in [2.05, 4.69) is 24.1 Å². The van der Waals surface area contributed by atoms with Gasteiger partial charge < -0.3 is 19.7 Å². The summed E-state index contributed by atoms with van der Waals surface area (Å²) < 4.78 is 10.7. The van der Waals surface area contributed by atoms with Crippen LogP contribution in [0.5, 0.6) is 0 Å². The van der Waals surface area contributed by atoms with E-state index in [0.717, 1.165) is 38.8 Å². The summed E-state index contributed by atoms with van der Waals surface area (Å²) >= 11 is 0. The summed E-state index contributed by atoms with van der Waals surface area (Å²) in [5.74, 6) is -0.234. The highest BCUT2D eigenvalue weighted by atomic mass is 16.6. The summed E-state index contributed by atoms with van der Waals surface area (Å²) in [7, 11) is 2.00. The lowest BCUT2D eigenvalue weighted by molar-refractivity contribution is -0.148. The Morgan fingerprint density at radius 3 is 2.36 bits per heavy atom. The standard InChI is InChI=1S/C19H38N2O4/c1-6-8-9-10-11-17(12-13-18(22)24-16(3)4)25-19(23)20-14-15-21(5)7-2/h16-17H,6-15H2,1-5H3,(H,20,23). The van der Waals surface area contributed by atoms with Gasteiger partial charge in [-0.1, -0.05) is 33.1 Å². The second kappa shape index (κ2) is 15.0. The Balaban J connectivity index is 4.26. The molecule has 6 heteroatoms. The van der Waals surface area contributed by atoms with Crippen LogP contribution in [0.3, 0.4) is 0 Å². The van der Waals surface area contributed by atoms with Crippen molar-refractivity contribution in [2.45, 2.75) is 84.8 Å². The van der Waals surface area contributed by atoms with E-state index < -0.39 is 6.09 Å². The third-order valence-electron chi connectivity index (χ3n) is 3.99. The second-order valence-electron chi connectivity index (χ2n) is 6.78. The molecule has 1 N–H and O–H groups in total. The number of rotatable bonds is 14. The molecule has 0 saturated carbocycles. The molecule has 0 radical (unpaired) electrons. The van der Waals surface area contributed by atoms with Crippen molar-refractivity contribution in [2.24, 2.45) is 0 Å². The SMILES string of the molecule is CCCCCCC(CCC(=O)OC(C)C)OC(=O)NCCN(C)CC. The van der Waals surface area contributed by atoms with E-state index in [-0.39, 0.29) is 24.6 Å². The van der Waals surface area contributed by atoms with Gasteiger partial charge in [-0.05, 0) is 46.7 Å². The van der Waals surface area contributed by atoms with Crippen molar-refractivity contribution in [1.29, 1.82) is 0 Å². The first-order valence-corrected chi connectivity index (χ1v) is 9.71. The van der Waals surface area contributed by atoms with Crippen LogP contribution in [0.25, 0.3) is 0 Å². The average Bonchev–Trinajstić information content (AvgIpc) is 2.55. The Bertz CT molecular complexity index is 361. The van der Waals surface area contributed by atoms with Crippen LogP contribution in [0.15, 0.2) is 0 Å². The van der Waals surface area contributed by atoms with Crippen molar-refractivity contribution < 1.29 is 19.1 Å². The average molecular weight is 359 g/mol. The first-order chi connectivity index (χ1) is 11.9. The maximum Gasteiger partial charge on any atom is 0.407 e. The number of hydrogen-bond donors (Lipinski definition) is 1. The fourth-order valence-electron chi connectivity index (χ4n) is 2.36. The number of carbonyl (C=O) groups excluding carboxylic acids is 2.